The van der Waals surface area contributed by atoms with Crippen molar-refractivity contribution in [1.29, 1.82) is 0 Å². The molecule has 1 heterocycles. The summed E-state index contributed by atoms with van der Waals surface area (Å²) in [6.45, 7) is 2.93. The minimum absolute atomic E-state index is 0.0854. The molecule has 0 aliphatic carbocycles. The first-order valence-electron chi connectivity index (χ1n) is 10.1. The van der Waals surface area contributed by atoms with Crippen LogP contribution in [-0.4, -0.2) is 41.0 Å². The molecule has 1 unspecified atom stereocenters. The Kier molecular flexibility index (Phi) is 7.39. The second kappa shape index (κ2) is 10.00. The molecular formula is C23H27BrN4O2. The lowest BCUT2D eigenvalue weighted by molar-refractivity contribution is -0.121. The van der Waals surface area contributed by atoms with Gasteiger partial charge in [0.05, 0.1) is 23.3 Å². The highest BCUT2D eigenvalue weighted by atomic mass is 79.9. The number of nitrogens with zero attached hydrogens (tertiary/aromatic N) is 3. The predicted molar refractivity (Wildman–Crippen MR) is 124 cm³/mol. The van der Waals surface area contributed by atoms with Crippen molar-refractivity contribution in [3.8, 4) is 0 Å². The van der Waals surface area contributed by atoms with Gasteiger partial charge in [-0.1, -0.05) is 47.1 Å². The van der Waals surface area contributed by atoms with Crippen molar-refractivity contribution in [3.05, 3.63) is 74.7 Å². The summed E-state index contributed by atoms with van der Waals surface area (Å²) in [6.07, 6.45) is 2.73. The smallest absolute Gasteiger partial charge is 0.261 e. The number of hydrogen-bond acceptors (Lipinski definition) is 4. The van der Waals surface area contributed by atoms with E-state index in [4.69, 9.17) is 0 Å². The van der Waals surface area contributed by atoms with Gasteiger partial charge in [0, 0.05) is 24.0 Å². The van der Waals surface area contributed by atoms with Crippen LogP contribution in [0.15, 0.2) is 58.1 Å². The van der Waals surface area contributed by atoms with Gasteiger partial charge < -0.3 is 10.2 Å². The number of aryl methyl sites for hydroxylation is 2. The summed E-state index contributed by atoms with van der Waals surface area (Å²) in [7, 11) is 4.01. The van der Waals surface area contributed by atoms with E-state index in [2.05, 4.69) is 62.3 Å². The summed E-state index contributed by atoms with van der Waals surface area (Å²) in [5.74, 6) is -0.0896. The molecular weight excluding hydrogens is 444 g/mol. The van der Waals surface area contributed by atoms with E-state index in [1.54, 1.807) is 12.1 Å². The van der Waals surface area contributed by atoms with E-state index in [9.17, 15) is 9.59 Å². The molecule has 0 spiro atoms. The standard InChI is InChI=1S/C23H27BrN4O2/c1-4-16-5-7-17(8-6-16)21(27(2)3)14-25-22(29)11-12-28-15-26-20-10-9-18(24)13-19(20)23(28)30/h5-10,13,15,21H,4,11-12,14H2,1-3H3,(H,25,29). The van der Waals surface area contributed by atoms with Crippen molar-refractivity contribution in [3.63, 3.8) is 0 Å². The quantitative estimate of drug-likeness (QED) is 0.546. The highest BCUT2D eigenvalue weighted by Gasteiger charge is 2.15. The molecule has 0 saturated heterocycles. The van der Waals surface area contributed by atoms with Gasteiger partial charge in [-0.2, -0.15) is 0 Å². The summed E-state index contributed by atoms with van der Waals surface area (Å²) in [6, 6.07) is 14.0. The minimum atomic E-state index is -0.142. The number of carbonyl (C=O) groups excluding carboxylic acids is 1. The summed E-state index contributed by atoms with van der Waals surface area (Å²) in [5, 5.41) is 3.54. The molecule has 6 nitrogen and oxygen atoms in total. The summed E-state index contributed by atoms with van der Waals surface area (Å²) < 4.78 is 2.31. The number of hydrogen-bond donors (Lipinski definition) is 1. The number of halogens is 1. The molecule has 30 heavy (non-hydrogen) atoms. The van der Waals surface area contributed by atoms with Crippen molar-refractivity contribution in [2.24, 2.45) is 0 Å². The number of nitrogens with one attached hydrogen (secondary N) is 1. The van der Waals surface area contributed by atoms with Gasteiger partial charge in [0.15, 0.2) is 0 Å². The van der Waals surface area contributed by atoms with Gasteiger partial charge in [-0.15, -0.1) is 0 Å². The lowest BCUT2D eigenvalue weighted by Gasteiger charge is -2.25. The second-order valence-corrected chi connectivity index (χ2v) is 8.45. The molecule has 0 aliphatic rings. The summed E-state index contributed by atoms with van der Waals surface area (Å²) >= 11 is 3.38. The highest BCUT2D eigenvalue weighted by molar-refractivity contribution is 9.10. The average molecular weight is 471 g/mol. The molecule has 1 aromatic heterocycles. The van der Waals surface area contributed by atoms with Crippen LogP contribution >= 0.6 is 15.9 Å². The lowest BCUT2D eigenvalue weighted by Crippen LogP contribution is -2.35. The maximum atomic E-state index is 12.6. The normalized spacial score (nSPS) is 12.3. The predicted octanol–water partition coefficient (Wildman–Crippen LogP) is 3.53. The second-order valence-electron chi connectivity index (χ2n) is 7.53. The molecule has 1 atom stereocenters. The third kappa shape index (κ3) is 5.34. The molecule has 3 rings (SSSR count). The third-order valence-electron chi connectivity index (χ3n) is 5.25. The van der Waals surface area contributed by atoms with Gasteiger partial charge in [0.2, 0.25) is 5.91 Å². The zero-order valence-electron chi connectivity index (χ0n) is 17.6. The van der Waals surface area contributed by atoms with Crippen LogP contribution in [0.2, 0.25) is 0 Å². The fraction of sp³-hybridized carbons (Fsp3) is 0.348. The van der Waals surface area contributed by atoms with E-state index in [1.807, 2.05) is 20.2 Å². The van der Waals surface area contributed by atoms with Crippen molar-refractivity contribution in [1.82, 2.24) is 19.8 Å². The Balaban J connectivity index is 1.61. The first kappa shape index (κ1) is 22.2. The summed E-state index contributed by atoms with van der Waals surface area (Å²) in [4.78, 5) is 31.5. The van der Waals surface area contributed by atoms with Crippen LogP contribution in [0.3, 0.4) is 0 Å². The molecule has 0 saturated carbocycles. The maximum Gasteiger partial charge on any atom is 0.261 e. The van der Waals surface area contributed by atoms with Crippen LogP contribution in [-0.2, 0) is 17.8 Å². The Hall–Kier alpha value is -2.51. The Morgan fingerprint density at radius 1 is 1.20 bits per heavy atom. The fourth-order valence-corrected chi connectivity index (χ4v) is 3.75. The topological polar surface area (TPSA) is 67.2 Å². The van der Waals surface area contributed by atoms with Crippen LogP contribution in [0.4, 0.5) is 0 Å². The number of aromatic nitrogens is 2. The van der Waals surface area contributed by atoms with Gasteiger partial charge in [-0.3, -0.25) is 14.2 Å². The van der Waals surface area contributed by atoms with Crippen LogP contribution < -0.4 is 10.9 Å². The Morgan fingerprint density at radius 2 is 1.93 bits per heavy atom. The number of amides is 1. The van der Waals surface area contributed by atoms with E-state index < -0.39 is 0 Å². The lowest BCUT2D eigenvalue weighted by atomic mass is 10.0. The number of fused-ring (bicyclic) bond motifs is 1. The number of likely N-dealkylation sites (N-methyl/N-ethyl adjacent to an activating group) is 1. The van der Waals surface area contributed by atoms with E-state index in [-0.39, 0.29) is 30.5 Å². The molecule has 7 heteroatoms. The van der Waals surface area contributed by atoms with Gasteiger partial charge in [-0.25, -0.2) is 4.98 Å². The van der Waals surface area contributed by atoms with Crippen LogP contribution in [0.5, 0.6) is 0 Å². The maximum absolute atomic E-state index is 12.6. The van der Waals surface area contributed by atoms with Gasteiger partial charge >= 0.3 is 0 Å². The zero-order valence-corrected chi connectivity index (χ0v) is 19.1. The molecule has 1 N–H and O–H groups in total. The molecule has 1 amide bonds. The Bertz CT molecular complexity index is 1080. The van der Waals surface area contributed by atoms with E-state index in [0.717, 1.165) is 16.5 Å². The number of benzene rings is 2. The fourth-order valence-electron chi connectivity index (χ4n) is 3.39. The Morgan fingerprint density at radius 3 is 2.60 bits per heavy atom. The van der Waals surface area contributed by atoms with Gasteiger partial charge in [-0.05, 0) is 49.8 Å². The van der Waals surface area contributed by atoms with Crippen molar-refractivity contribution >= 4 is 32.7 Å². The molecule has 3 aromatic rings. The van der Waals surface area contributed by atoms with E-state index in [1.165, 1.54) is 16.5 Å². The van der Waals surface area contributed by atoms with Crippen LogP contribution in [0, 0.1) is 0 Å². The van der Waals surface area contributed by atoms with E-state index in [0.29, 0.717) is 17.4 Å². The van der Waals surface area contributed by atoms with Crippen LogP contribution in [0.1, 0.15) is 30.5 Å². The largest absolute Gasteiger partial charge is 0.354 e. The first-order chi connectivity index (χ1) is 14.4. The van der Waals surface area contributed by atoms with E-state index >= 15 is 0 Å². The van der Waals surface area contributed by atoms with Crippen molar-refractivity contribution in [2.75, 3.05) is 20.6 Å². The SMILES string of the molecule is CCc1ccc(C(CNC(=O)CCn2cnc3ccc(Br)cc3c2=O)N(C)C)cc1. The molecule has 2 aromatic carbocycles. The molecule has 158 valence electrons. The Labute approximate surface area is 185 Å². The number of rotatable bonds is 8. The average Bonchev–Trinajstić information content (AvgIpc) is 2.74. The summed E-state index contributed by atoms with van der Waals surface area (Å²) in [5.41, 5.74) is 2.96. The number of carbonyl (C=O) groups is 1. The first-order valence-corrected chi connectivity index (χ1v) is 10.8. The zero-order chi connectivity index (χ0) is 21.7. The highest BCUT2D eigenvalue weighted by Crippen LogP contribution is 2.18. The molecule has 0 bridgehead atoms. The molecule has 0 aliphatic heterocycles. The van der Waals surface area contributed by atoms with Crippen molar-refractivity contribution in [2.45, 2.75) is 32.4 Å². The molecule has 0 fully saturated rings. The van der Waals surface area contributed by atoms with Gasteiger partial charge in [0.1, 0.15) is 0 Å². The third-order valence-corrected chi connectivity index (χ3v) is 5.75. The van der Waals surface area contributed by atoms with Gasteiger partial charge in [0.25, 0.3) is 5.56 Å². The van der Waals surface area contributed by atoms with Crippen LogP contribution in [0.25, 0.3) is 10.9 Å². The molecule has 0 radical (unpaired) electrons. The monoisotopic (exact) mass is 470 g/mol. The van der Waals surface area contributed by atoms with Crippen molar-refractivity contribution < 1.29 is 4.79 Å². The minimum Gasteiger partial charge on any atom is -0.354 e.